The summed E-state index contributed by atoms with van der Waals surface area (Å²) >= 11 is 0. The van der Waals surface area contributed by atoms with Crippen LogP contribution in [0.1, 0.15) is 0 Å². The highest BCUT2D eigenvalue weighted by Gasteiger charge is 2.13. The van der Waals surface area contributed by atoms with Gasteiger partial charge in [0.1, 0.15) is 0 Å². The van der Waals surface area contributed by atoms with Gasteiger partial charge in [-0.05, 0) is 45.8 Å². The van der Waals surface area contributed by atoms with Crippen LogP contribution in [0, 0.1) is 0 Å². The van der Waals surface area contributed by atoms with Gasteiger partial charge < -0.3 is 11.5 Å². The van der Waals surface area contributed by atoms with Crippen LogP contribution in [0.3, 0.4) is 0 Å². The zero-order valence-corrected chi connectivity index (χ0v) is 15.1. The molecular weight excluding hydrogens is 344 g/mol. The number of anilines is 2. The fourth-order valence-corrected chi connectivity index (χ4v) is 3.69. The van der Waals surface area contributed by atoms with Gasteiger partial charge in [-0.15, -0.1) is 0 Å². The first kappa shape index (κ1) is 16.3. The molecule has 1 heterocycles. The number of nitrogen functional groups attached to an aromatic ring is 2. The van der Waals surface area contributed by atoms with Crippen molar-refractivity contribution in [3.05, 3.63) is 84.9 Å². The maximum Gasteiger partial charge on any atom is 0.221 e. The molecule has 134 valence electrons. The lowest BCUT2D eigenvalue weighted by Crippen LogP contribution is -1.99. The molecule has 0 aliphatic rings. The Labute approximate surface area is 162 Å². The molecule has 0 spiro atoms. The lowest BCUT2D eigenvalue weighted by molar-refractivity contribution is 1.20. The quantitative estimate of drug-likeness (QED) is 0.331. The topological polar surface area (TPSA) is 77.8 Å². The summed E-state index contributed by atoms with van der Waals surface area (Å²) in [6.07, 6.45) is 0. The van der Waals surface area contributed by atoms with Crippen LogP contribution in [-0.2, 0) is 0 Å². The second kappa shape index (κ2) is 6.35. The van der Waals surface area contributed by atoms with Crippen LogP contribution in [0.4, 0.5) is 11.6 Å². The molecule has 1 aromatic heterocycles. The molecule has 0 radical (unpaired) electrons. The molecule has 4 aromatic carbocycles. The summed E-state index contributed by atoms with van der Waals surface area (Å²) in [5.41, 5.74) is 16.3. The normalized spacial score (nSPS) is 11.1. The first-order valence-electron chi connectivity index (χ1n) is 9.10. The van der Waals surface area contributed by atoms with Crippen molar-refractivity contribution < 1.29 is 0 Å². The van der Waals surface area contributed by atoms with Gasteiger partial charge in [0.2, 0.25) is 5.95 Å². The third kappa shape index (κ3) is 2.72. The molecule has 4 nitrogen and oxygen atoms in total. The highest BCUT2D eigenvalue weighted by Crippen LogP contribution is 2.36. The molecule has 0 saturated carbocycles. The van der Waals surface area contributed by atoms with Gasteiger partial charge in [-0.1, -0.05) is 60.7 Å². The van der Waals surface area contributed by atoms with Crippen molar-refractivity contribution >= 4 is 33.2 Å². The number of hydrogen-bond acceptors (Lipinski definition) is 4. The van der Waals surface area contributed by atoms with Crippen LogP contribution >= 0.6 is 0 Å². The molecule has 0 amide bonds. The highest BCUT2D eigenvalue weighted by molar-refractivity contribution is 6.12. The Morgan fingerprint density at radius 2 is 1.14 bits per heavy atom. The van der Waals surface area contributed by atoms with Crippen LogP contribution in [0.5, 0.6) is 0 Å². The monoisotopic (exact) mass is 362 g/mol. The summed E-state index contributed by atoms with van der Waals surface area (Å²) in [6, 6.07) is 28.5. The molecule has 0 atom stereocenters. The molecule has 4 heteroatoms. The summed E-state index contributed by atoms with van der Waals surface area (Å²) in [4.78, 5) is 9.03. The minimum Gasteiger partial charge on any atom is -0.399 e. The number of rotatable bonds is 2. The lowest BCUT2D eigenvalue weighted by atomic mass is 9.94. The first-order valence-corrected chi connectivity index (χ1v) is 9.10. The van der Waals surface area contributed by atoms with E-state index in [-0.39, 0.29) is 5.95 Å². The number of nitrogens with two attached hydrogens (primary N) is 2. The van der Waals surface area contributed by atoms with Gasteiger partial charge in [-0.3, -0.25) is 0 Å². The minimum atomic E-state index is 0.251. The van der Waals surface area contributed by atoms with E-state index >= 15 is 0 Å². The van der Waals surface area contributed by atoms with Crippen LogP contribution in [0.2, 0.25) is 0 Å². The summed E-state index contributed by atoms with van der Waals surface area (Å²) in [5.74, 6) is 0.251. The summed E-state index contributed by atoms with van der Waals surface area (Å²) < 4.78 is 0. The third-order valence-electron chi connectivity index (χ3n) is 4.98. The Kier molecular flexibility index (Phi) is 3.69. The van der Waals surface area contributed by atoms with Crippen LogP contribution in [0.15, 0.2) is 84.9 Å². The second-order valence-electron chi connectivity index (χ2n) is 6.81. The smallest absolute Gasteiger partial charge is 0.221 e. The molecule has 0 saturated heterocycles. The molecule has 4 N–H and O–H groups in total. The first-order chi connectivity index (χ1) is 13.7. The minimum absolute atomic E-state index is 0.251. The predicted molar refractivity (Wildman–Crippen MR) is 117 cm³/mol. The zero-order valence-electron chi connectivity index (χ0n) is 15.1. The van der Waals surface area contributed by atoms with E-state index in [9.17, 15) is 0 Å². The van der Waals surface area contributed by atoms with E-state index in [2.05, 4.69) is 52.4 Å². The maximum absolute atomic E-state index is 6.11. The van der Waals surface area contributed by atoms with Gasteiger partial charge in [0.25, 0.3) is 0 Å². The van der Waals surface area contributed by atoms with E-state index < -0.39 is 0 Å². The van der Waals surface area contributed by atoms with Crippen molar-refractivity contribution in [3.8, 4) is 22.5 Å². The summed E-state index contributed by atoms with van der Waals surface area (Å²) in [7, 11) is 0. The van der Waals surface area contributed by atoms with Gasteiger partial charge in [0.15, 0.2) is 0 Å². The van der Waals surface area contributed by atoms with Crippen molar-refractivity contribution in [2.75, 3.05) is 11.5 Å². The molecule has 5 aromatic rings. The van der Waals surface area contributed by atoms with E-state index in [1.54, 1.807) is 0 Å². The number of aromatic nitrogens is 2. The summed E-state index contributed by atoms with van der Waals surface area (Å²) in [5, 5.41) is 4.62. The van der Waals surface area contributed by atoms with Crippen molar-refractivity contribution in [1.29, 1.82) is 0 Å². The average molecular weight is 362 g/mol. The molecule has 28 heavy (non-hydrogen) atoms. The number of benzene rings is 4. The van der Waals surface area contributed by atoms with E-state index in [0.29, 0.717) is 5.69 Å². The Morgan fingerprint density at radius 1 is 0.571 bits per heavy atom. The number of fused-ring (bicyclic) bond motifs is 2. The third-order valence-corrected chi connectivity index (χ3v) is 4.98. The predicted octanol–water partition coefficient (Wildman–Crippen LogP) is 5.28. The standard InChI is InChI=1S/C24H18N4/c25-18-11-9-15(10-12-18)21-14-22(28-24(26)27-21)23-19-7-3-1-5-16(19)13-17-6-2-4-8-20(17)23/h1-14H,25H2,(H2,26,27,28). The average Bonchev–Trinajstić information content (AvgIpc) is 2.72. The van der Waals surface area contributed by atoms with E-state index in [4.69, 9.17) is 11.5 Å². The Bertz CT molecular complexity index is 1270. The summed E-state index contributed by atoms with van der Waals surface area (Å²) in [6.45, 7) is 0. The maximum atomic E-state index is 6.11. The fourth-order valence-electron chi connectivity index (χ4n) is 3.69. The van der Waals surface area contributed by atoms with Crippen LogP contribution in [-0.4, -0.2) is 9.97 Å². The zero-order chi connectivity index (χ0) is 19.1. The van der Waals surface area contributed by atoms with Crippen molar-refractivity contribution in [2.45, 2.75) is 0 Å². The highest BCUT2D eigenvalue weighted by atomic mass is 15.0. The van der Waals surface area contributed by atoms with Crippen molar-refractivity contribution in [2.24, 2.45) is 0 Å². The van der Waals surface area contributed by atoms with Crippen molar-refractivity contribution in [1.82, 2.24) is 9.97 Å². The van der Waals surface area contributed by atoms with Gasteiger partial charge in [0, 0.05) is 16.8 Å². The SMILES string of the molecule is Nc1ccc(-c2cc(-c3c4ccccc4cc4ccccc34)nc(N)n2)cc1. The van der Waals surface area contributed by atoms with Crippen LogP contribution in [0.25, 0.3) is 44.1 Å². The Balaban J connectivity index is 1.83. The number of nitrogens with zero attached hydrogens (tertiary/aromatic N) is 2. The van der Waals surface area contributed by atoms with Crippen molar-refractivity contribution in [3.63, 3.8) is 0 Å². The van der Waals surface area contributed by atoms with E-state index in [1.165, 1.54) is 10.8 Å². The second-order valence-corrected chi connectivity index (χ2v) is 6.81. The largest absolute Gasteiger partial charge is 0.399 e. The lowest BCUT2D eigenvalue weighted by Gasteiger charge is -2.13. The molecule has 0 aliphatic heterocycles. The molecule has 0 bridgehead atoms. The number of hydrogen-bond donors (Lipinski definition) is 2. The molecule has 5 rings (SSSR count). The van der Waals surface area contributed by atoms with E-state index in [0.717, 1.165) is 33.3 Å². The molecule has 0 aliphatic carbocycles. The van der Waals surface area contributed by atoms with Gasteiger partial charge in [0.05, 0.1) is 11.4 Å². The van der Waals surface area contributed by atoms with Gasteiger partial charge >= 0.3 is 0 Å². The van der Waals surface area contributed by atoms with Crippen LogP contribution < -0.4 is 11.5 Å². The van der Waals surface area contributed by atoms with Gasteiger partial charge in [-0.2, -0.15) is 0 Å². The molecule has 0 fully saturated rings. The van der Waals surface area contributed by atoms with Gasteiger partial charge in [-0.25, -0.2) is 9.97 Å². The molecular formula is C24H18N4. The Hall–Kier alpha value is -3.92. The molecule has 0 unspecified atom stereocenters. The Morgan fingerprint density at radius 3 is 1.79 bits per heavy atom. The van der Waals surface area contributed by atoms with E-state index in [1.807, 2.05) is 42.5 Å². The fraction of sp³-hybridized carbons (Fsp3) is 0.